The molecule has 212 valence electrons. The van der Waals surface area contributed by atoms with Gasteiger partial charge in [0, 0.05) is 18.9 Å². The molecule has 0 bridgehead atoms. The maximum atomic E-state index is 12.5. The number of unbranched alkanes of at least 4 members (excludes halogenated alkanes) is 15. The molecule has 0 unspecified atom stereocenters. The minimum atomic E-state index is -0.295. The molecule has 0 heterocycles. The fourth-order valence-corrected chi connectivity index (χ4v) is 4.26. The fraction of sp³-hybridized carbons (Fsp3) is 0.750. The van der Waals surface area contributed by atoms with Crippen molar-refractivity contribution >= 4 is 11.9 Å². The Morgan fingerprint density at radius 2 is 0.973 bits per heavy atom. The van der Waals surface area contributed by atoms with Gasteiger partial charge in [0.1, 0.15) is 5.75 Å². The molecule has 0 aromatic heterocycles. The molecule has 0 amide bonds. The molecule has 37 heavy (non-hydrogen) atoms. The van der Waals surface area contributed by atoms with Crippen LogP contribution in [0.2, 0.25) is 0 Å². The molecule has 1 aromatic rings. The van der Waals surface area contributed by atoms with E-state index in [1.807, 2.05) is 0 Å². The zero-order chi connectivity index (χ0) is 27.0. The maximum Gasteiger partial charge on any atom is 0.311 e. The van der Waals surface area contributed by atoms with Gasteiger partial charge in [-0.1, -0.05) is 117 Å². The average Bonchev–Trinajstić information content (AvgIpc) is 2.89. The minimum absolute atomic E-state index is 0.271. The van der Waals surface area contributed by atoms with Gasteiger partial charge in [0.2, 0.25) is 0 Å². The number of rotatable bonds is 24. The lowest BCUT2D eigenvalue weighted by Gasteiger charge is -2.13. The van der Waals surface area contributed by atoms with Crippen LogP contribution in [-0.2, 0) is 9.59 Å². The molecule has 0 atom stereocenters. The quantitative estimate of drug-likeness (QED) is 0.0774. The van der Waals surface area contributed by atoms with Crippen molar-refractivity contribution in [2.24, 2.45) is 0 Å². The normalized spacial score (nSPS) is 10.9. The monoisotopic (exact) mass is 518 g/mol. The molecule has 1 rings (SSSR count). The first-order valence-corrected chi connectivity index (χ1v) is 15.3. The van der Waals surface area contributed by atoms with Crippen molar-refractivity contribution in [3.63, 3.8) is 0 Å². The standard InChI is InChI=1S/C32H54O5/c1-4-7-10-13-16-19-22-31(33)36-29-25-24-28(35-26-21-18-15-12-9-6-3)27-30(29)37-32(34)23-20-17-14-11-8-5-2/h24-25,27H,4-23,26H2,1-3H3. The van der Waals surface area contributed by atoms with E-state index < -0.39 is 0 Å². The number of carbonyl (C=O) groups is 2. The van der Waals surface area contributed by atoms with Crippen LogP contribution in [0.25, 0.3) is 0 Å². The molecular formula is C32H54O5. The highest BCUT2D eigenvalue weighted by Gasteiger charge is 2.15. The van der Waals surface area contributed by atoms with E-state index in [2.05, 4.69) is 20.8 Å². The Morgan fingerprint density at radius 1 is 0.541 bits per heavy atom. The second-order valence-electron chi connectivity index (χ2n) is 10.2. The van der Waals surface area contributed by atoms with E-state index in [1.165, 1.54) is 64.2 Å². The third-order valence-electron chi connectivity index (χ3n) is 6.60. The summed E-state index contributed by atoms with van der Waals surface area (Å²) in [6.45, 7) is 7.23. The number of ether oxygens (including phenoxy) is 3. The molecule has 0 fully saturated rings. The van der Waals surface area contributed by atoms with Gasteiger partial charge in [0.25, 0.3) is 0 Å². The van der Waals surface area contributed by atoms with E-state index in [9.17, 15) is 9.59 Å². The fourth-order valence-electron chi connectivity index (χ4n) is 4.26. The van der Waals surface area contributed by atoms with Gasteiger partial charge in [-0.2, -0.15) is 0 Å². The third-order valence-corrected chi connectivity index (χ3v) is 6.60. The van der Waals surface area contributed by atoms with E-state index in [1.54, 1.807) is 18.2 Å². The Morgan fingerprint density at radius 3 is 1.49 bits per heavy atom. The van der Waals surface area contributed by atoms with Crippen molar-refractivity contribution in [2.75, 3.05) is 6.61 Å². The Labute approximate surface area is 227 Å². The second kappa shape index (κ2) is 23.1. The van der Waals surface area contributed by atoms with Crippen LogP contribution in [0.5, 0.6) is 17.2 Å². The molecule has 0 radical (unpaired) electrons. The molecule has 5 nitrogen and oxygen atoms in total. The highest BCUT2D eigenvalue weighted by molar-refractivity contribution is 5.76. The minimum Gasteiger partial charge on any atom is -0.493 e. The van der Waals surface area contributed by atoms with Gasteiger partial charge in [0.15, 0.2) is 11.5 Å². The maximum absolute atomic E-state index is 12.5. The summed E-state index contributed by atoms with van der Waals surface area (Å²) >= 11 is 0. The lowest BCUT2D eigenvalue weighted by atomic mass is 10.1. The summed E-state index contributed by atoms with van der Waals surface area (Å²) in [6, 6.07) is 5.15. The van der Waals surface area contributed by atoms with Gasteiger partial charge < -0.3 is 14.2 Å². The largest absolute Gasteiger partial charge is 0.493 e. The van der Waals surface area contributed by atoms with Gasteiger partial charge in [0.05, 0.1) is 6.61 Å². The number of esters is 2. The third kappa shape index (κ3) is 18.0. The predicted molar refractivity (Wildman–Crippen MR) is 153 cm³/mol. The molecule has 0 aliphatic heterocycles. The summed E-state index contributed by atoms with van der Waals surface area (Å²) in [7, 11) is 0. The molecule has 1 aromatic carbocycles. The summed E-state index contributed by atoms with van der Waals surface area (Å²) < 4.78 is 17.2. The van der Waals surface area contributed by atoms with Crippen molar-refractivity contribution < 1.29 is 23.8 Å². The van der Waals surface area contributed by atoms with Gasteiger partial charge in [-0.15, -0.1) is 0 Å². The first-order valence-electron chi connectivity index (χ1n) is 15.3. The van der Waals surface area contributed by atoms with Crippen molar-refractivity contribution in [1.29, 1.82) is 0 Å². The van der Waals surface area contributed by atoms with Crippen LogP contribution in [0.3, 0.4) is 0 Å². The van der Waals surface area contributed by atoms with Crippen LogP contribution in [-0.4, -0.2) is 18.5 Å². The summed E-state index contributed by atoms with van der Waals surface area (Å²) in [6.07, 6.45) is 21.2. The number of carbonyl (C=O) groups excluding carboxylic acids is 2. The first-order chi connectivity index (χ1) is 18.1. The highest BCUT2D eigenvalue weighted by Crippen LogP contribution is 2.33. The zero-order valence-electron chi connectivity index (χ0n) is 24.1. The lowest BCUT2D eigenvalue weighted by Crippen LogP contribution is -2.12. The molecule has 0 spiro atoms. The highest BCUT2D eigenvalue weighted by atomic mass is 16.6. The van der Waals surface area contributed by atoms with Crippen LogP contribution < -0.4 is 14.2 Å². The van der Waals surface area contributed by atoms with Crippen molar-refractivity contribution in [1.82, 2.24) is 0 Å². The van der Waals surface area contributed by atoms with Crippen LogP contribution in [0, 0.1) is 0 Å². The van der Waals surface area contributed by atoms with E-state index in [0.717, 1.165) is 51.4 Å². The Balaban J connectivity index is 2.61. The molecule has 0 saturated carbocycles. The van der Waals surface area contributed by atoms with Crippen LogP contribution >= 0.6 is 0 Å². The van der Waals surface area contributed by atoms with E-state index in [0.29, 0.717) is 30.9 Å². The predicted octanol–water partition coefficient (Wildman–Crippen LogP) is 9.74. The van der Waals surface area contributed by atoms with Gasteiger partial charge in [-0.25, -0.2) is 0 Å². The smallest absolute Gasteiger partial charge is 0.311 e. The topological polar surface area (TPSA) is 61.8 Å². The van der Waals surface area contributed by atoms with Crippen LogP contribution in [0.1, 0.15) is 149 Å². The average molecular weight is 519 g/mol. The second-order valence-corrected chi connectivity index (χ2v) is 10.2. The Hall–Kier alpha value is -2.04. The van der Waals surface area contributed by atoms with Crippen molar-refractivity contribution in [3.05, 3.63) is 18.2 Å². The van der Waals surface area contributed by atoms with Crippen molar-refractivity contribution in [3.8, 4) is 17.2 Å². The van der Waals surface area contributed by atoms with E-state index in [4.69, 9.17) is 14.2 Å². The van der Waals surface area contributed by atoms with Gasteiger partial charge >= 0.3 is 11.9 Å². The molecule has 0 aliphatic carbocycles. The Kier molecular flexibility index (Phi) is 20.6. The van der Waals surface area contributed by atoms with Gasteiger partial charge in [-0.05, 0) is 31.4 Å². The lowest BCUT2D eigenvalue weighted by molar-refractivity contribution is -0.137. The molecular weight excluding hydrogens is 464 g/mol. The van der Waals surface area contributed by atoms with Gasteiger partial charge in [-0.3, -0.25) is 9.59 Å². The summed E-state index contributed by atoms with van der Waals surface area (Å²) in [5, 5.41) is 0. The number of hydrogen-bond acceptors (Lipinski definition) is 5. The number of benzene rings is 1. The molecule has 0 aliphatic rings. The van der Waals surface area contributed by atoms with Crippen LogP contribution in [0.15, 0.2) is 18.2 Å². The van der Waals surface area contributed by atoms with E-state index >= 15 is 0 Å². The SMILES string of the molecule is CCCCCCCCOc1ccc(OC(=O)CCCCCCCC)c(OC(=O)CCCCCCCC)c1. The Bertz CT molecular complexity index is 715. The summed E-state index contributed by atoms with van der Waals surface area (Å²) in [4.78, 5) is 25.0. The zero-order valence-corrected chi connectivity index (χ0v) is 24.1. The molecule has 5 heteroatoms. The van der Waals surface area contributed by atoms with Crippen molar-refractivity contribution in [2.45, 2.75) is 149 Å². The molecule has 0 N–H and O–H groups in total. The van der Waals surface area contributed by atoms with Crippen LogP contribution in [0.4, 0.5) is 0 Å². The summed E-state index contributed by atoms with van der Waals surface area (Å²) in [5.74, 6) is 0.611. The first kappa shape index (κ1) is 33.0. The molecule has 0 saturated heterocycles. The van der Waals surface area contributed by atoms with E-state index in [-0.39, 0.29) is 17.7 Å². The number of hydrogen-bond donors (Lipinski definition) is 0. The summed E-state index contributed by atoms with van der Waals surface area (Å²) in [5.41, 5.74) is 0.